The number of ether oxygens (including phenoxy) is 1. The first-order valence-electron chi connectivity index (χ1n) is 13.9. The summed E-state index contributed by atoms with van der Waals surface area (Å²) in [7, 11) is 0. The molecule has 5 nitrogen and oxygen atoms in total. The van der Waals surface area contributed by atoms with E-state index < -0.39 is 11.6 Å². The van der Waals surface area contributed by atoms with Gasteiger partial charge in [0.25, 0.3) is 0 Å². The predicted molar refractivity (Wildman–Crippen MR) is 152 cm³/mol. The van der Waals surface area contributed by atoms with Crippen molar-refractivity contribution < 1.29 is 19.7 Å². The Kier molecular flexibility index (Phi) is 8.69. The highest BCUT2D eigenvalue weighted by molar-refractivity contribution is 5.72. The van der Waals surface area contributed by atoms with Crippen molar-refractivity contribution in [2.24, 2.45) is 0 Å². The van der Waals surface area contributed by atoms with E-state index in [-0.39, 0.29) is 11.8 Å². The van der Waals surface area contributed by atoms with Gasteiger partial charge in [-0.25, -0.2) is 0 Å². The molecule has 1 aliphatic rings. The first kappa shape index (κ1) is 28.0. The van der Waals surface area contributed by atoms with Crippen LogP contribution < -0.4 is 0 Å². The number of carboxylic acid groups (broad SMARTS) is 1. The zero-order valence-corrected chi connectivity index (χ0v) is 23.2. The van der Waals surface area contributed by atoms with Gasteiger partial charge < -0.3 is 14.9 Å². The summed E-state index contributed by atoms with van der Waals surface area (Å²) in [6, 6.07) is 15.5. The summed E-state index contributed by atoms with van der Waals surface area (Å²) in [5.74, 6) is -0.854. The third-order valence-corrected chi connectivity index (χ3v) is 8.63. The quantitative estimate of drug-likeness (QED) is 0.319. The van der Waals surface area contributed by atoms with Crippen LogP contribution in [0.25, 0.3) is 11.1 Å². The van der Waals surface area contributed by atoms with E-state index in [9.17, 15) is 9.90 Å². The van der Waals surface area contributed by atoms with Gasteiger partial charge in [0.1, 0.15) is 0 Å². The van der Waals surface area contributed by atoms with Crippen LogP contribution in [0.2, 0.25) is 0 Å². The molecule has 38 heavy (non-hydrogen) atoms. The summed E-state index contributed by atoms with van der Waals surface area (Å²) in [6.07, 6.45) is 8.43. The molecule has 2 N–H and O–H groups in total. The Morgan fingerprint density at radius 1 is 0.974 bits per heavy atom. The van der Waals surface area contributed by atoms with Gasteiger partial charge in [-0.05, 0) is 97.4 Å². The molecule has 0 amide bonds. The number of hydrogen-bond donors (Lipinski definition) is 2. The topological polar surface area (TPSA) is 79.7 Å². The fourth-order valence-corrected chi connectivity index (χ4v) is 6.07. The van der Waals surface area contributed by atoms with E-state index in [1.54, 1.807) is 12.4 Å². The van der Waals surface area contributed by atoms with Gasteiger partial charge in [-0.15, -0.1) is 0 Å². The number of aromatic nitrogens is 1. The molecular weight excluding hydrogens is 474 g/mol. The first-order chi connectivity index (χ1) is 18.2. The maximum atomic E-state index is 11.2. The molecule has 1 saturated heterocycles. The standard InChI is InChI=1S/C33H41NO4/c1-5-33(6-2,28-8-7-26(23(3)17-28)11-12-32(37)13-15-38-16-14-32)29-9-10-30(24(4)18-29)27-19-25(20-31(35)36)21-34-22-27/h7-10,17-19,21-22,37H,5-6,11-16,20H2,1-4H3,(H,35,36). The zero-order chi connectivity index (χ0) is 27.3. The fourth-order valence-electron chi connectivity index (χ4n) is 6.07. The van der Waals surface area contributed by atoms with Crippen LogP contribution in [-0.2, 0) is 27.8 Å². The normalized spacial score (nSPS) is 15.4. The minimum absolute atomic E-state index is 0.0319. The Morgan fingerprint density at radius 3 is 2.24 bits per heavy atom. The van der Waals surface area contributed by atoms with Gasteiger partial charge in [0, 0.05) is 36.6 Å². The van der Waals surface area contributed by atoms with Gasteiger partial charge in [-0.1, -0.05) is 50.2 Å². The second-order valence-electron chi connectivity index (χ2n) is 10.9. The van der Waals surface area contributed by atoms with Gasteiger partial charge >= 0.3 is 5.97 Å². The van der Waals surface area contributed by atoms with Crippen molar-refractivity contribution in [1.29, 1.82) is 0 Å². The van der Waals surface area contributed by atoms with Crippen LogP contribution in [-0.4, -0.2) is 40.0 Å². The molecule has 0 saturated carbocycles. The summed E-state index contributed by atoms with van der Waals surface area (Å²) in [5.41, 5.74) is 8.36. The van der Waals surface area contributed by atoms with Gasteiger partial charge in [-0.2, -0.15) is 0 Å². The molecule has 2 heterocycles. The van der Waals surface area contributed by atoms with Gasteiger partial charge in [0.05, 0.1) is 12.0 Å². The molecule has 5 heteroatoms. The number of carboxylic acids is 1. The number of nitrogens with zero attached hydrogens (tertiary/aromatic N) is 1. The lowest BCUT2D eigenvalue weighted by atomic mass is 9.69. The molecular formula is C33H41NO4. The molecule has 1 fully saturated rings. The molecule has 0 bridgehead atoms. The van der Waals surface area contributed by atoms with Crippen molar-refractivity contribution in [2.45, 2.75) is 83.7 Å². The second kappa shape index (κ2) is 11.8. The molecule has 3 aromatic rings. The highest BCUT2D eigenvalue weighted by Gasteiger charge is 2.32. The molecule has 0 atom stereocenters. The smallest absolute Gasteiger partial charge is 0.307 e. The van der Waals surface area contributed by atoms with Crippen LogP contribution >= 0.6 is 0 Å². The van der Waals surface area contributed by atoms with Crippen molar-refractivity contribution in [3.8, 4) is 11.1 Å². The van der Waals surface area contributed by atoms with Crippen LogP contribution in [0.4, 0.5) is 0 Å². The maximum absolute atomic E-state index is 11.2. The minimum Gasteiger partial charge on any atom is -0.481 e. The monoisotopic (exact) mass is 515 g/mol. The lowest BCUT2D eigenvalue weighted by Crippen LogP contribution is -2.36. The van der Waals surface area contributed by atoms with Crippen molar-refractivity contribution in [2.75, 3.05) is 13.2 Å². The number of pyridine rings is 1. The summed E-state index contributed by atoms with van der Waals surface area (Å²) in [6.45, 7) is 10.1. The lowest BCUT2D eigenvalue weighted by Gasteiger charge is -2.35. The molecule has 202 valence electrons. The molecule has 1 aromatic heterocycles. The molecule has 2 aromatic carbocycles. The molecule has 1 aliphatic heterocycles. The largest absolute Gasteiger partial charge is 0.481 e. The van der Waals surface area contributed by atoms with Crippen molar-refractivity contribution in [1.82, 2.24) is 4.98 Å². The highest BCUT2D eigenvalue weighted by atomic mass is 16.5. The van der Waals surface area contributed by atoms with Crippen LogP contribution in [0.15, 0.2) is 54.9 Å². The average Bonchev–Trinajstić information content (AvgIpc) is 2.89. The number of aliphatic carboxylic acids is 1. The lowest BCUT2D eigenvalue weighted by molar-refractivity contribution is -0.136. The molecule has 0 unspecified atom stereocenters. The Hall–Kier alpha value is -3.02. The van der Waals surface area contributed by atoms with E-state index in [2.05, 4.69) is 69.1 Å². The van der Waals surface area contributed by atoms with Gasteiger partial charge in [-0.3, -0.25) is 9.78 Å². The molecule has 0 radical (unpaired) electrons. The zero-order valence-electron chi connectivity index (χ0n) is 23.2. The van der Waals surface area contributed by atoms with Crippen LogP contribution in [0.3, 0.4) is 0 Å². The average molecular weight is 516 g/mol. The van der Waals surface area contributed by atoms with Crippen molar-refractivity contribution in [3.63, 3.8) is 0 Å². The number of aryl methyl sites for hydroxylation is 3. The Morgan fingerprint density at radius 2 is 1.63 bits per heavy atom. The first-order valence-corrected chi connectivity index (χ1v) is 13.9. The maximum Gasteiger partial charge on any atom is 0.307 e. The van der Waals surface area contributed by atoms with Crippen molar-refractivity contribution in [3.05, 3.63) is 88.2 Å². The third-order valence-electron chi connectivity index (χ3n) is 8.63. The van der Waals surface area contributed by atoms with E-state index in [1.165, 1.54) is 22.3 Å². The minimum atomic E-state index is -0.854. The van der Waals surface area contributed by atoms with Gasteiger partial charge in [0.15, 0.2) is 0 Å². The third kappa shape index (κ3) is 6.00. The van der Waals surface area contributed by atoms with E-state index >= 15 is 0 Å². The Balaban J connectivity index is 1.61. The number of carbonyl (C=O) groups is 1. The van der Waals surface area contributed by atoms with Crippen LogP contribution in [0.1, 0.15) is 79.3 Å². The fraction of sp³-hybridized carbons (Fsp3) is 0.455. The molecule has 0 spiro atoms. The summed E-state index contributed by atoms with van der Waals surface area (Å²) in [4.78, 5) is 15.5. The SMILES string of the molecule is CCC(CC)(c1ccc(CCC2(O)CCOCC2)c(C)c1)c1ccc(-c2cncc(CC(=O)O)c2)c(C)c1. The number of hydrogen-bond acceptors (Lipinski definition) is 4. The summed E-state index contributed by atoms with van der Waals surface area (Å²) >= 11 is 0. The highest BCUT2D eigenvalue weighted by Crippen LogP contribution is 2.41. The van der Waals surface area contributed by atoms with E-state index in [0.717, 1.165) is 42.4 Å². The number of rotatable bonds is 10. The van der Waals surface area contributed by atoms with E-state index in [1.807, 2.05) is 6.07 Å². The van der Waals surface area contributed by atoms with Crippen LogP contribution in [0, 0.1) is 13.8 Å². The van der Waals surface area contributed by atoms with E-state index in [0.29, 0.717) is 31.6 Å². The second-order valence-corrected chi connectivity index (χ2v) is 10.9. The van der Waals surface area contributed by atoms with E-state index in [4.69, 9.17) is 9.84 Å². The number of aliphatic hydroxyl groups is 1. The Labute approximate surface area is 226 Å². The van der Waals surface area contributed by atoms with Gasteiger partial charge in [0.2, 0.25) is 0 Å². The molecule has 4 rings (SSSR count). The van der Waals surface area contributed by atoms with Crippen LogP contribution in [0.5, 0.6) is 0 Å². The Bertz CT molecular complexity index is 1270. The summed E-state index contributed by atoms with van der Waals surface area (Å²) < 4.78 is 5.44. The molecule has 0 aliphatic carbocycles. The number of benzene rings is 2. The van der Waals surface area contributed by atoms with Crippen molar-refractivity contribution >= 4 is 5.97 Å². The summed E-state index contributed by atoms with van der Waals surface area (Å²) in [5, 5.41) is 20.1. The predicted octanol–water partition coefficient (Wildman–Crippen LogP) is 6.57.